The standard InChI is InChI=1S/C21H24N2O5/c1-4-12-28-18-11-6-15(13-19(18)26-3)21(25)22-14-20(24)23-16-7-9-17(10-8-16)27-5-2/h4,6-11,13H,1,5,12,14H2,2-3H3,(H,22,25)(H,23,24). The van der Waals surface area contributed by atoms with Crippen LogP contribution in [0.3, 0.4) is 0 Å². The average Bonchev–Trinajstić information content (AvgIpc) is 2.72. The highest BCUT2D eigenvalue weighted by Gasteiger charge is 2.12. The number of rotatable bonds is 10. The summed E-state index contributed by atoms with van der Waals surface area (Å²) in [5, 5.41) is 5.29. The zero-order valence-electron chi connectivity index (χ0n) is 16.0. The molecule has 0 atom stereocenters. The second-order valence-electron chi connectivity index (χ2n) is 5.65. The zero-order chi connectivity index (χ0) is 20.4. The van der Waals surface area contributed by atoms with E-state index >= 15 is 0 Å². The van der Waals surface area contributed by atoms with Crippen LogP contribution >= 0.6 is 0 Å². The molecule has 0 bridgehead atoms. The monoisotopic (exact) mass is 384 g/mol. The largest absolute Gasteiger partial charge is 0.494 e. The van der Waals surface area contributed by atoms with Crippen LogP contribution in [0.5, 0.6) is 17.2 Å². The smallest absolute Gasteiger partial charge is 0.251 e. The van der Waals surface area contributed by atoms with E-state index < -0.39 is 5.91 Å². The predicted molar refractivity (Wildman–Crippen MR) is 107 cm³/mol. The Hall–Kier alpha value is -3.48. The van der Waals surface area contributed by atoms with E-state index in [2.05, 4.69) is 17.2 Å². The molecule has 0 heterocycles. The number of benzene rings is 2. The third-order valence-corrected chi connectivity index (χ3v) is 3.64. The van der Waals surface area contributed by atoms with Gasteiger partial charge in [-0.05, 0) is 49.4 Å². The van der Waals surface area contributed by atoms with Crippen LogP contribution in [-0.2, 0) is 4.79 Å². The summed E-state index contributed by atoms with van der Waals surface area (Å²) in [6, 6.07) is 11.8. The molecule has 0 radical (unpaired) electrons. The van der Waals surface area contributed by atoms with E-state index in [1.807, 2.05) is 6.92 Å². The Morgan fingerprint density at radius 2 is 1.82 bits per heavy atom. The van der Waals surface area contributed by atoms with Crippen molar-refractivity contribution >= 4 is 17.5 Å². The highest BCUT2D eigenvalue weighted by Crippen LogP contribution is 2.28. The maximum Gasteiger partial charge on any atom is 0.251 e. The van der Waals surface area contributed by atoms with Gasteiger partial charge in [0.15, 0.2) is 11.5 Å². The van der Waals surface area contributed by atoms with E-state index in [-0.39, 0.29) is 12.5 Å². The lowest BCUT2D eigenvalue weighted by Gasteiger charge is -2.11. The first kappa shape index (κ1) is 20.8. The summed E-state index contributed by atoms with van der Waals surface area (Å²) in [6.45, 7) is 6.22. The second kappa shape index (κ2) is 10.6. The van der Waals surface area contributed by atoms with Gasteiger partial charge in [-0.2, -0.15) is 0 Å². The van der Waals surface area contributed by atoms with Gasteiger partial charge in [0.25, 0.3) is 5.91 Å². The van der Waals surface area contributed by atoms with Crippen molar-refractivity contribution in [3.8, 4) is 17.2 Å². The Morgan fingerprint density at radius 1 is 1.07 bits per heavy atom. The van der Waals surface area contributed by atoms with Crippen molar-refractivity contribution in [2.45, 2.75) is 6.92 Å². The average molecular weight is 384 g/mol. The number of ether oxygens (including phenoxy) is 3. The first-order valence-electron chi connectivity index (χ1n) is 8.80. The fourth-order valence-electron chi connectivity index (χ4n) is 2.35. The molecule has 0 fully saturated rings. The summed E-state index contributed by atoms with van der Waals surface area (Å²) in [5.74, 6) is 0.926. The van der Waals surface area contributed by atoms with Crippen LogP contribution in [0.1, 0.15) is 17.3 Å². The molecule has 0 saturated carbocycles. The summed E-state index contributed by atoms with van der Waals surface area (Å²) in [6.07, 6.45) is 1.61. The lowest BCUT2D eigenvalue weighted by Crippen LogP contribution is -2.32. The molecule has 148 valence electrons. The first-order chi connectivity index (χ1) is 13.6. The summed E-state index contributed by atoms with van der Waals surface area (Å²) in [4.78, 5) is 24.3. The van der Waals surface area contributed by atoms with E-state index in [1.165, 1.54) is 7.11 Å². The Bertz CT molecular complexity index is 818. The molecule has 2 amide bonds. The fraction of sp³-hybridized carbons (Fsp3) is 0.238. The summed E-state index contributed by atoms with van der Waals surface area (Å²) in [5.41, 5.74) is 0.977. The molecule has 0 aliphatic heterocycles. The van der Waals surface area contributed by atoms with Gasteiger partial charge in [0.1, 0.15) is 12.4 Å². The third-order valence-electron chi connectivity index (χ3n) is 3.64. The quantitative estimate of drug-likeness (QED) is 0.615. The molecule has 7 nitrogen and oxygen atoms in total. The van der Waals surface area contributed by atoms with Crippen LogP contribution in [0.15, 0.2) is 55.1 Å². The molecule has 2 aromatic carbocycles. The molecular formula is C21H24N2O5. The van der Waals surface area contributed by atoms with Crippen LogP contribution in [0.4, 0.5) is 5.69 Å². The molecule has 7 heteroatoms. The summed E-state index contributed by atoms with van der Waals surface area (Å²) >= 11 is 0. The molecule has 0 saturated heterocycles. The van der Waals surface area contributed by atoms with Crippen molar-refractivity contribution in [1.82, 2.24) is 5.32 Å². The van der Waals surface area contributed by atoms with E-state index in [0.717, 1.165) is 5.75 Å². The number of anilines is 1. The van der Waals surface area contributed by atoms with Crippen molar-refractivity contribution in [3.63, 3.8) is 0 Å². The SMILES string of the molecule is C=CCOc1ccc(C(=O)NCC(=O)Nc2ccc(OCC)cc2)cc1OC. The minimum atomic E-state index is -0.393. The van der Waals surface area contributed by atoms with Crippen molar-refractivity contribution in [3.05, 3.63) is 60.7 Å². The van der Waals surface area contributed by atoms with Gasteiger partial charge in [-0.1, -0.05) is 12.7 Å². The van der Waals surface area contributed by atoms with E-state index in [1.54, 1.807) is 48.5 Å². The molecule has 0 spiro atoms. The number of carbonyl (C=O) groups excluding carboxylic acids is 2. The van der Waals surface area contributed by atoms with Crippen LogP contribution in [-0.4, -0.2) is 38.7 Å². The Kier molecular flexibility index (Phi) is 7.90. The van der Waals surface area contributed by atoms with Gasteiger partial charge in [-0.3, -0.25) is 9.59 Å². The van der Waals surface area contributed by atoms with Crippen LogP contribution in [0.2, 0.25) is 0 Å². The number of hydrogen-bond acceptors (Lipinski definition) is 5. The van der Waals surface area contributed by atoms with Crippen LogP contribution in [0, 0.1) is 0 Å². The van der Waals surface area contributed by atoms with Gasteiger partial charge >= 0.3 is 0 Å². The zero-order valence-corrected chi connectivity index (χ0v) is 16.0. The van der Waals surface area contributed by atoms with Gasteiger partial charge in [0.2, 0.25) is 5.91 Å². The lowest BCUT2D eigenvalue weighted by molar-refractivity contribution is -0.115. The number of carbonyl (C=O) groups is 2. The number of hydrogen-bond donors (Lipinski definition) is 2. The van der Waals surface area contributed by atoms with Gasteiger partial charge in [0.05, 0.1) is 20.3 Å². The topological polar surface area (TPSA) is 85.9 Å². The Morgan fingerprint density at radius 3 is 2.46 bits per heavy atom. The number of nitrogens with one attached hydrogen (secondary N) is 2. The molecule has 28 heavy (non-hydrogen) atoms. The minimum absolute atomic E-state index is 0.164. The Balaban J connectivity index is 1.90. The maximum atomic E-state index is 12.3. The number of methoxy groups -OCH3 is 1. The Labute approximate surface area is 164 Å². The van der Waals surface area contributed by atoms with E-state index in [4.69, 9.17) is 14.2 Å². The highest BCUT2D eigenvalue weighted by atomic mass is 16.5. The molecule has 2 aromatic rings. The fourth-order valence-corrected chi connectivity index (χ4v) is 2.35. The first-order valence-corrected chi connectivity index (χ1v) is 8.80. The molecule has 0 unspecified atom stereocenters. The van der Waals surface area contributed by atoms with E-state index in [9.17, 15) is 9.59 Å². The molecule has 0 aliphatic rings. The van der Waals surface area contributed by atoms with Gasteiger partial charge < -0.3 is 24.8 Å². The third kappa shape index (κ3) is 6.05. The second-order valence-corrected chi connectivity index (χ2v) is 5.65. The van der Waals surface area contributed by atoms with Gasteiger partial charge in [-0.15, -0.1) is 0 Å². The molecule has 2 N–H and O–H groups in total. The van der Waals surface area contributed by atoms with Crippen molar-refractivity contribution in [2.24, 2.45) is 0 Å². The van der Waals surface area contributed by atoms with Crippen LogP contribution < -0.4 is 24.8 Å². The van der Waals surface area contributed by atoms with E-state index in [0.29, 0.717) is 36.0 Å². The molecular weight excluding hydrogens is 360 g/mol. The van der Waals surface area contributed by atoms with Crippen molar-refractivity contribution in [1.29, 1.82) is 0 Å². The maximum absolute atomic E-state index is 12.3. The molecule has 2 rings (SSSR count). The minimum Gasteiger partial charge on any atom is -0.494 e. The van der Waals surface area contributed by atoms with Gasteiger partial charge in [-0.25, -0.2) is 0 Å². The summed E-state index contributed by atoms with van der Waals surface area (Å²) in [7, 11) is 1.49. The number of amides is 2. The van der Waals surface area contributed by atoms with Crippen molar-refractivity contribution < 1.29 is 23.8 Å². The molecule has 0 aliphatic carbocycles. The highest BCUT2D eigenvalue weighted by molar-refractivity contribution is 5.99. The van der Waals surface area contributed by atoms with Crippen molar-refractivity contribution in [2.75, 3.05) is 32.2 Å². The van der Waals surface area contributed by atoms with Gasteiger partial charge in [0, 0.05) is 11.3 Å². The predicted octanol–water partition coefficient (Wildman–Crippen LogP) is 3.03. The van der Waals surface area contributed by atoms with Crippen LogP contribution in [0.25, 0.3) is 0 Å². The lowest BCUT2D eigenvalue weighted by atomic mass is 10.2. The normalized spacial score (nSPS) is 9.93. The molecule has 0 aromatic heterocycles. The summed E-state index contributed by atoms with van der Waals surface area (Å²) < 4.78 is 16.0.